The highest BCUT2D eigenvalue weighted by Gasteiger charge is 2.08. The third-order valence-electron chi connectivity index (χ3n) is 3.94. The molecule has 4 aromatic rings. The molecule has 116 valence electrons. The summed E-state index contributed by atoms with van der Waals surface area (Å²) in [7, 11) is 0. The molecule has 0 spiro atoms. The fourth-order valence-corrected chi connectivity index (χ4v) is 3.60. The highest BCUT2D eigenvalue weighted by atomic mass is 32.1. The number of furan rings is 2. The highest BCUT2D eigenvalue weighted by Crippen LogP contribution is 2.32. The summed E-state index contributed by atoms with van der Waals surface area (Å²) in [6, 6.07) is 16.2. The van der Waals surface area contributed by atoms with E-state index in [1.165, 1.54) is 0 Å². The van der Waals surface area contributed by atoms with Crippen molar-refractivity contribution in [3.63, 3.8) is 0 Å². The van der Waals surface area contributed by atoms with Crippen LogP contribution in [-0.4, -0.2) is 4.98 Å². The van der Waals surface area contributed by atoms with Crippen LogP contribution in [0.25, 0.3) is 46.4 Å². The third-order valence-corrected chi connectivity index (χ3v) is 5.00. The molecule has 0 unspecified atom stereocenters. The van der Waals surface area contributed by atoms with Crippen LogP contribution in [0, 0.1) is 0 Å². The van der Waals surface area contributed by atoms with Crippen molar-refractivity contribution in [2.45, 2.75) is 0 Å². The molecule has 3 nitrogen and oxygen atoms in total. The Kier molecular flexibility index (Phi) is 2.96. The van der Waals surface area contributed by atoms with Gasteiger partial charge < -0.3 is 13.8 Å². The topological polar surface area (TPSA) is 42.1 Å². The minimum absolute atomic E-state index is 0.827. The molecule has 5 rings (SSSR count). The number of aromatic nitrogens is 1. The lowest BCUT2D eigenvalue weighted by molar-refractivity contribution is 0.570. The Morgan fingerprint density at radius 1 is 0.667 bits per heavy atom. The van der Waals surface area contributed by atoms with Gasteiger partial charge in [-0.25, -0.2) is 0 Å². The maximum Gasteiger partial charge on any atom is 0.150 e. The first-order valence-electron chi connectivity index (χ1n) is 7.69. The van der Waals surface area contributed by atoms with Crippen molar-refractivity contribution in [2.75, 3.05) is 0 Å². The molecule has 0 aromatic carbocycles. The van der Waals surface area contributed by atoms with Gasteiger partial charge in [0.15, 0.2) is 5.76 Å². The molecule has 0 radical (unpaired) electrons. The van der Waals surface area contributed by atoms with E-state index in [0.29, 0.717) is 0 Å². The van der Waals surface area contributed by atoms with Crippen LogP contribution in [0.4, 0.5) is 0 Å². The quantitative estimate of drug-likeness (QED) is 0.364. The van der Waals surface area contributed by atoms with E-state index in [0.717, 1.165) is 44.2 Å². The Bertz CT molecular complexity index is 900. The molecule has 8 bridgehead atoms. The number of H-pyrrole nitrogens is 1. The zero-order chi connectivity index (χ0) is 15.9. The molecule has 4 aromatic heterocycles. The monoisotopic (exact) mass is 331 g/mol. The SMILES string of the molecule is C1=C\c2ccc(o2)-c2ccc(s2)/C=C\c2ccc(o2)-c2ccc/1[nH]2. The molecule has 0 aliphatic carbocycles. The summed E-state index contributed by atoms with van der Waals surface area (Å²) in [5, 5.41) is 0. The highest BCUT2D eigenvalue weighted by molar-refractivity contribution is 7.16. The average Bonchev–Trinajstić information content (AvgIpc) is 3.37. The molecule has 0 amide bonds. The molecule has 1 aliphatic rings. The van der Waals surface area contributed by atoms with E-state index in [2.05, 4.69) is 23.2 Å². The Labute approximate surface area is 142 Å². The van der Waals surface area contributed by atoms with Crippen LogP contribution in [0.5, 0.6) is 0 Å². The fraction of sp³-hybridized carbons (Fsp3) is 0. The number of aromatic amines is 1. The van der Waals surface area contributed by atoms with Gasteiger partial charge in [-0.05, 0) is 72.8 Å². The molecule has 4 heteroatoms. The molecular formula is C20H13NO2S. The van der Waals surface area contributed by atoms with Crippen molar-refractivity contribution in [2.24, 2.45) is 0 Å². The lowest BCUT2D eigenvalue weighted by Gasteiger charge is -1.93. The van der Waals surface area contributed by atoms with E-state index in [1.807, 2.05) is 54.6 Å². The van der Waals surface area contributed by atoms with Gasteiger partial charge in [0.05, 0.1) is 10.6 Å². The molecule has 0 saturated heterocycles. The first kappa shape index (κ1) is 13.5. The summed E-state index contributed by atoms with van der Waals surface area (Å²) in [6.45, 7) is 0. The minimum Gasteiger partial charge on any atom is -0.456 e. The van der Waals surface area contributed by atoms with Crippen LogP contribution in [0.15, 0.2) is 57.4 Å². The summed E-state index contributed by atoms with van der Waals surface area (Å²) in [4.78, 5) is 5.62. The molecule has 24 heavy (non-hydrogen) atoms. The molecule has 1 N–H and O–H groups in total. The molecular weight excluding hydrogens is 318 g/mol. The van der Waals surface area contributed by atoms with E-state index in [-0.39, 0.29) is 0 Å². The van der Waals surface area contributed by atoms with Crippen LogP contribution >= 0.6 is 11.3 Å². The number of hydrogen-bond donors (Lipinski definition) is 1. The van der Waals surface area contributed by atoms with Crippen LogP contribution in [0.2, 0.25) is 0 Å². The predicted octanol–water partition coefficient (Wildman–Crippen LogP) is 6.25. The third kappa shape index (κ3) is 2.37. The zero-order valence-electron chi connectivity index (χ0n) is 12.7. The minimum atomic E-state index is 0.827. The van der Waals surface area contributed by atoms with Crippen LogP contribution in [0.3, 0.4) is 0 Å². The van der Waals surface area contributed by atoms with E-state index in [1.54, 1.807) is 11.3 Å². The standard InChI is InChI=1S/C20H13NO2S/c1-3-14-6-11-19(23-14)20-12-8-16(24-20)7-4-15-5-10-18(22-15)17-9-2-13(1)21-17/h1-12,21H/b3-1-,7-4-,13-1?,14-3?,15-4?,16-7?,18-17?,20-19?. The fourth-order valence-electron chi connectivity index (χ4n) is 2.73. The lowest BCUT2D eigenvalue weighted by Crippen LogP contribution is -1.74. The Morgan fingerprint density at radius 3 is 2.38 bits per heavy atom. The van der Waals surface area contributed by atoms with Crippen molar-refractivity contribution in [1.29, 1.82) is 0 Å². The summed E-state index contributed by atoms with van der Waals surface area (Å²) >= 11 is 1.70. The Morgan fingerprint density at radius 2 is 1.46 bits per heavy atom. The van der Waals surface area contributed by atoms with Gasteiger partial charge in [-0.1, -0.05) is 0 Å². The van der Waals surface area contributed by atoms with Crippen LogP contribution in [0.1, 0.15) is 22.1 Å². The summed E-state index contributed by atoms with van der Waals surface area (Å²) < 4.78 is 11.8. The van der Waals surface area contributed by atoms with Crippen molar-refractivity contribution in [3.8, 4) is 22.1 Å². The first-order valence-corrected chi connectivity index (χ1v) is 8.51. The Balaban J connectivity index is 1.66. The van der Waals surface area contributed by atoms with Crippen molar-refractivity contribution in [1.82, 2.24) is 4.98 Å². The number of nitrogens with one attached hydrogen (secondary N) is 1. The summed E-state index contributed by atoms with van der Waals surface area (Å²) in [5.74, 6) is 3.38. The van der Waals surface area contributed by atoms with Gasteiger partial charge >= 0.3 is 0 Å². The molecule has 0 saturated carbocycles. The largest absolute Gasteiger partial charge is 0.456 e. The van der Waals surface area contributed by atoms with Gasteiger partial charge in [0.2, 0.25) is 0 Å². The molecule has 0 fully saturated rings. The van der Waals surface area contributed by atoms with E-state index < -0.39 is 0 Å². The normalized spacial score (nSPS) is 15.3. The van der Waals surface area contributed by atoms with Gasteiger partial charge in [0, 0.05) is 10.6 Å². The zero-order valence-corrected chi connectivity index (χ0v) is 13.5. The van der Waals surface area contributed by atoms with Crippen molar-refractivity contribution in [3.05, 3.63) is 70.6 Å². The number of thiophene rings is 1. The smallest absolute Gasteiger partial charge is 0.150 e. The second-order valence-corrected chi connectivity index (χ2v) is 6.72. The molecule has 5 heterocycles. The van der Waals surface area contributed by atoms with Gasteiger partial charge in [0.1, 0.15) is 17.3 Å². The number of fused-ring (bicyclic) bond motifs is 10. The molecule has 0 atom stereocenters. The first-order chi connectivity index (χ1) is 11.8. The maximum atomic E-state index is 5.92. The predicted molar refractivity (Wildman–Crippen MR) is 98.4 cm³/mol. The van der Waals surface area contributed by atoms with Gasteiger partial charge in [-0.2, -0.15) is 0 Å². The van der Waals surface area contributed by atoms with Crippen molar-refractivity contribution >= 4 is 35.6 Å². The van der Waals surface area contributed by atoms with Gasteiger partial charge in [-0.15, -0.1) is 11.3 Å². The maximum absolute atomic E-state index is 5.92. The van der Waals surface area contributed by atoms with Gasteiger partial charge in [-0.3, -0.25) is 0 Å². The van der Waals surface area contributed by atoms with E-state index in [9.17, 15) is 0 Å². The lowest BCUT2D eigenvalue weighted by atomic mass is 10.3. The van der Waals surface area contributed by atoms with Crippen LogP contribution in [-0.2, 0) is 0 Å². The second-order valence-electron chi connectivity index (χ2n) is 5.60. The summed E-state index contributed by atoms with van der Waals surface area (Å²) in [6.07, 6.45) is 8.02. The van der Waals surface area contributed by atoms with Gasteiger partial charge in [0.25, 0.3) is 0 Å². The number of hydrogen-bond acceptors (Lipinski definition) is 3. The van der Waals surface area contributed by atoms with E-state index in [4.69, 9.17) is 8.83 Å². The molecule has 1 aliphatic heterocycles. The summed E-state index contributed by atoms with van der Waals surface area (Å²) in [5.41, 5.74) is 1.96. The van der Waals surface area contributed by atoms with Crippen molar-refractivity contribution < 1.29 is 8.83 Å². The second kappa shape index (κ2) is 5.28. The van der Waals surface area contributed by atoms with Crippen LogP contribution < -0.4 is 0 Å². The Hall–Kier alpha value is -2.98. The number of rotatable bonds is 0. The van der Waals surface area contributed by atoms with E-state index >= 15 is 0 Å². The average molecular weight is 331 g/mol.